The van der Waals surface area contributed by atoms with E-state index in [4.69, 9.17) is 10.5 Å². The molecule has 0 heterocycles. The van der Waals surface area contributed by atoms with Gasteiger partial charge < -0.3 is 21.1 Å². The summed E-state index contributed by atoms with van der Waals surface area (Å²) >= 11 is 0. The molecule has 2 amide bonds. The summed E-state index contributed by atoms with van der Waals surface area (Å²) in [6.07, 6.45) is 2.10. The lowest BCUT2D eigenvalue weighted by atomic mass is 10.2. The van der Waals surface area contributed by atoms with Gasteiger partial charge in [-0.25, -0.2) is 4.79 Å². The average Bonchev–Trinajstić information content (AvgIpc) is 3.20. The first-order chi connectivity index (χ1) is 9.22. The van der Waals surface area contributed by atoms with Gasteiger partial charge in [0.1, 0.15) is 5.75 Å². The first kappa shape index (κ1) is 13.2. The second-order valence-electron chi connectivity index (χ2n) is 4.29. The summed E-state index contributed by atoms with van der Waals surface area (Å²) in [4.78, 5) is 11.7. The lowest BCUT2D eigenvalue weighted by molar-refractivity contribution is 0.251. The Kier molecular flexibility index (Phi) is 4.26. The molecular weight excluding hydrogens is 242 g/mol. The van der Waals surface area contributed by atoms with Crippen LogP contribution < -0.4 is 21.1 Å². The van der Waals surface area contributed by atoms with Crippen molar-refractivity contribution in [3.8, 4) is 17.6 Å². The van der Waals surface area contributed by atoms with Crippen LogP contribution in [0, 0.1) is 11.8 Å². The molecule has 1 aromatic carbocycles. The summed E-state index contributed by atoms with van der Waals surface area (Å²) in [6.45, 7) is 0.303. The molecule has 5 nitrogen and oxygen atoms in total. The first-order valence-corrected chi connectivity index (χ1v) is 6.17. The van der Waals surface area contributed by atoms with Crippen LogP contribution in [0.15, 0.2) is 18.2 Å². The van der Waals surface area contributed by atoms with Gasteiger partial charge in [-0.05, 0) is 31.0 Å². The van der Waals surface area contributed by atoms with E-state index in [1.54, 1.807) is 19.2 Å². The monoisotopic (exact) mass is 259 g/mol. The molecule has 0 atom stereocenters. The van der Waals surface area contributed by atoms with Crippen LogP contribution in [-0.4, -0.2) is 25.7 Å². The predicted octanol–water partition coefficient (Wildman–Crippen LogP) is 1.29. The minimum Gasteiger partial charge on any atom is -0.495 e. The normalized spacial score (nSPS) is 13.2. The number of hydrogen-bond acceptors (Lipinski definition) is 3. The number of hydrogen-bond donors (Lipinski definition) is 3. The largest absolute Gasteiger partial charge is 0.495 e. The third-order valence-corrected chi connectivity index (χ3v) is 2.70. The predicted molar refractivity (Wildman–Crippen MR) is 74.1 cm³/mol. The summed E-state index contributed by atoms with van der Waals surface area (Å²) in [5, 5.41) is 5.63. The van der Waals surface area contributed by atoms with Crippen LogP contribution >= 0.6 is 0 Å². The van der Waals surface area contributed by atoms with E-state index < -0.39 is 0 Å². The van der Waals surface area contributed by atoms with E-state index in [1.807, 2.05) is 6.07 Å². The van der Waals surface area contributed by atoms with Crippen molar-refractivity contribution in [1.82, 2.24) is 5.32 Å². The number of nitrogens with two attached hydrogens (primary N) is 1. The number of amides is 2. The van der Waals surface area contributed by atoms with Gasteiger partial charge in [-0.1, -0.05) is 11.8 Å². The Balaban J connectivity index is 2.12. The molecule has 19 heavy (non-hydrogen) atoms. The number of nitrogens with one attached hydrogen (secondary N) is 2. The van der Waals surface area contributed by atoms with Crippen LogP contribution in [0.5, 0.6) is 5.75 Å². The smallest absolute Gasteiger partial charge is 0.319 e. The van der Waals surface area contributed by atoms with Gasteiger partial charge >= 0.3 is 6.03 Å². The summed E-state index contributed by atoms with van der Waals surface area (Å²) in [6, 6.07) is 5.46. The van der Waals surface area contributed by atoms with Crippen LogP contribution in [0.3, 0.4) is 0 Å². The average molecular weight is 259 g/mol. The molecule has 0 bridgehead atoms. The topological polar surface area (TPSA) is 76.4 Å². The number of carbonyl (C=O) groups excluding carboxylic acids is 1. The molecule has 100 valence electrons. The minimum atomic E-state index is -0.218. The molecule has 0 aromatic heterocycles. The van der Waals surface area contributed by atoms with Crippen LogP contribution in [-0.2, 0) is 0 Å². The maximum atomic E-state index is 11.7. The molecule has 0 unspecified atom stereocenters. The molecule has 1 fully saturated rings. The first-order valence-electron chi connectivity index (χ1n) is 6.17. The van der Waals surface area contributed by atoms with Gasteiger partial charge in [0.15, 0.2) is 0 Å². The quantitative estimate of drug-likeness (QED) is 0.716. The Bertz CT molecular complexity index is 527. The number of anilines is 1. The molecule has 2 rings (SSSR count). The zero-order chi connectivity index (χ0) is 13.7. The van der Waals surface area contributed by atoms with Gasteiger partial charge in [0.2, 0.25) is 0 Å². The number of carbonyl (C=O) groups is 1. The highest BCUT2D eigenvalue weighted by atomic mass is 16.5. The van der Waals surface area contributed by atoms with Crippen molar-refractivity contribution in [2.45, 2.75) is 18.9 Å². The third-order valence-electron chi connectivity index (χ3n) is 2.70. The van der Waals surface area contributed by atoms with Crippen molar-refractivity contribution in [2.75, 3.05) is 19.0 Å². The summed E-state index contributed by atoms with van der Waals surface area (Å²) in [5.74, 6) is 6.29. The van der Waals surface area contributed by atoms with Gasteiger partial charge in [-0.3, -0.25) is 0 Å². The second-order valence-corrected chi connectivity index (χ2v) is 4.29. The zero-order valence-corrected chi connectivity index (χ0v) is 10.8. The van der Waals surface area contributed by atoms with E-state index in [9.17, 15) is 4.79 Å². The van der Waals surface area contributed by atoms with Crippen molar-refractivity contribution < 1.29 is 9.53 Å². The van der Waals surface area contributed by atoms with Crippen LogP contribution in [0.25, 0.3) is 0 Å². The number of ether oxygens (including phenoxy) is 1. The number of methoxy groups -OCH3 is 1. The van der Waals surface area contributed by atoms with Crippen molar-refractivity contribution in [3.63, 3.8) is 0 Å². The van der Waals surface area contributed by atoms with Gasteiger partial charge in [0.05, 0.1) is 19.3 Å². The van der Waals surface area contributed by atoms with Crippen molar-refractivity contribution in [2.24, 2.45) is 5.73 Å². The number of urea groups is 1. The molecule has 1 aliphatic carbocycles. The SMILES string of the molecule is COc1ccc(C#CCN)cc1NC(=O)NC1CC1. The Hall–Kier alpha value is -2.19. The summed E-state index contributed by atoms with van der Waals surface area (Å²) in [7, 11) is 1.56. The fraction of sp³-hybridized carbons (Fsp3) is 0.357. The molecular formula is C14H17N3O2. The van der Waals surface area contributed by atoms with E-state index in [-0.39, 0.29) is 6.03 Å². The van der Waals surface area contributed by atoms with E-state index in [1.165, 1.54) is 0 Å². The standard InChI is InChI=1S/C14H17N3O2/c1-19-13-7-4-10(3-2-8-15)9-12(13)17-14(18)16-11-5-6-11/h4,7,9,11H,5-6,8,15H2,1H3,(H2,16,17,18). The van der Waals surface area contributed by atoms with Crippen LogP contribution in [0.1, 0.15) is 18.4 Å². The van der Waals surface area contributed by atoms with E-state index in [0.29, 0.717) is 24.0 Å². The van der Waals surface area contributed by atoms with Gasteiger partial charge in [0.25, 0.3) is 0 Å². The molecule has 0 spiro atoms. The minimum absolute atomic E-state index is 0.218. The second kappa shape index (κ2) is 6.12. The van der Waals surface area contributed by atoms with E-state index >= 15 is 0 Å². The highest BCUT2D eigenvalue weighted by Gasteiger charge is 2.23. The zero-order valence-electron chi connectivity index (χ0n) is 10.8. The van der Waals surface area contributed by atoms with Crippen LogP contribution in [0.2, 0.25) is 0 Å². The molecule has 0 saturated heterocycles. The van der Waals surface area contributed by atoms with Crippen molar-refractivity contribution in [1.29, 1.82) is 0 Å². The van der Waals surface area contributed by atoms with E-state index in [2.05, 4.69) is 22.5 Å². The Morgan fingerprint density at radius 2 is 2.32 bits per heavy atom. The fourth-order valence-electron chi connectivity index (χ4n) is 1.61. The van der Waals surface area contributed by atoms with Crippen molar-refractivity contribution in [3.05, 3.63) is 23.8 Å². The van der Waals surface area contributed by atoms with Crippen LogP contribution in [0.4, 0.5) is 10.5 Å². The molecule has 0 aliphatic heterocycles. The lowest BCUT2D eigenvalue weighted by Gasteiger charge is -2.11. The highest BCUT2D eigenvalue weighted by molar-refractivity contribution is 5.91. The highest BCUT2D eigenvalue weighted by Crippen LogP contribution is 2.25. The molecule has 0 radical (unpaired) electrons. The maximum Gasteiger partial charge on any atom is 0.319 e. The number of benzene rings is 1. The maximum absolute atomic E-state index is 11.7. The van der Waals surface area contributed by atoms with Crippen molar-refractivity contribution >= 4 is 11.7 Å². The Morgan fingerprint density at radius 1 is 1.53 bits per heavy atom. The summed E-state index contributed by atoms with van der Waals surface area (Å²) in [5.41, 5.74) is 6.72. The van der Waals surface area contributed by atoms with Gasteiger partial charge in [-0.15, -0.1) is 0 Å². The van der Waals surface area contributed by atoms with E-state index in [0.717, 1.165) is 18.4 Å². The Labute approximate surface area is 112 Å². The third kappa shape index (κ3) is 3.90. The molecule has 1 saturated carbocycles. The van der Waals surface area contributed by atoms with Gasteiger partial charge in [-0.2, -0.15) is 0 Å². The lowest BCUT2D eigenvalue weighted by Crippen LogP contribution is -2.30. The van der Waals surface area contributed by atoms with Gasteiger partial charge in [0, 0.05) is 11.6 Å². The molecule has 5 heteroatoms. The molecule has 1 aromatic rings. The Morgan fingerprint density at radius 3 is 2.95 bits per heavy atom. The number of rotatable bonds is 3. The molecule has 1 aliphatic rings. The fourth-order valence-corrected chi connectivity index (χ4v) is 1.61. The molecule has 4 N–H and O–H groups in total. The summed E-state index contributed by atoms with van der Waals surface area (Å²) < 4.78 is 5.21.